The molecule has 0 atom stereocenters. The largest absolute Gasteiger partial charge is 0.381 e. The maximum atomic E-state index is 12.7. The van der Waals surface area contributed by atoms with E-state index in [0.717, 1.165) is 56.0 Å². The highest BCUT2D eigenvalue weighted by Crippen LogP contribution is 2.30. The van der Waals surface area contributed by atoms with Crippen molar-refractivity contribution in [3.8, 4) is 0 Å². The Bertz CT molecular complexity index is 976. The Labute approximate surface area is 171 Å². The minimum absolute atomic E-state index is 0.258. The molecule has 5 nitrogen and oxygen atoms in total. The van der Waals surface area contributed by atoms with Crippen molar-refractivity contribution in [3.05, 3.63) is 64.0 Å². The fourth-order valence-electron chi connectivity index (χ4n) is 4.74. The lowest BCUT2D eigenvalue weighted by Crippen LogP contribution is -2.38. The van der Waals surface area contributed by atoms with Crippen LogP contribution in [-0.2, 0) is 29.0 Å². The van der Waals surface area contributed by atoms with Crippen LogP contribution in [0.25, 0.3) is 0 Å². The molecule has 3 aliphatic rings. The van der Waals surface area contributed by atoms with Gasteiger partial charge in [-0.1, -0.05) is 6.07 Å². The van der Waals surface area contributed by atoms with E-state index in [-0.39, 0.29) is 5.91 Å². The summed E-state index contributed by atoms with van der Waals surface area (Å²) in [6.45, 7) is 6.00. The Hall–Kier alpha value is -2.53. The molecular weight excluding hydrogens is 362 g/mol. The van der Waals surface area contributed by atoms with Crippen molar-refractivity contribution in [2.75, 3.05) is 19.8 Å². The fraction of sp³-hybridized carbons (Fsp3) is 0.458. The highest BCUT2D eigenvalue weighted by atomic mass is 16.5. The first-order valence-electron chi connectivity index (χ1n) is 10.7. The van der Waals surface area contributed by atoms with Crippen LogP contribution in [0.5, 0.6) is 0 Å². The number of carbonyl (C=O) groups is 1. The lowest BCUT2D eigenvalue weighted by Gasteiger charge is -2.31. The number of pyridine rings is 1. The minimum Gasteiger partial charge on any atom is -0.381 e. The highest BCUT2D eigenvalue weighted by molar-refractivity contribution is 6.15. The molecule has 4 heterocycles. The number of carbonyl (C=O) groups excluding carboxylic acids is 1. The smallest absolute Gasteiger partial charge is 0.227 e. The van der Waals surface area contributed by atoms with E-state index in [1.165, 1.54) is 22.3 Å². The van der Waals surface area contributed by atoms with Gasteiger partial charge in [0.15, 0.2) is 0 Å². The molecule has 2 aromatic rings. The highest BCUT2D eigenvalue weighted by Gasteiger charge is 2.27. The van der Waals surface area contributed by atoms with E-state index in [0.29, 0.717) is 25.4 Å². The van der Waals surface area contributed by atoms with Crippen LogP contribution < -0.4 is 0 Å². The van der Waals surface area contributed by atoms with Crippen molar-refractivity contribution in [2.24, 2.45) is 10.9 Å². The molecule has 29 heavy (non-hydrogen) atoms. The molecule has 0 saturated carbocycles. The number of ether oxygens (including phenoxy) is 1. The Morgan fingerprint density at radius 2 is 2.00 bits per heavy atom. The van der Waals surface area contributed by atoms with Gasteiger partial charge in [-0.3, -0.25) is 14.8 Å². The van der Waals surface area contributed by atoms with Crippen LogP contribution in [0.3, 0.4) is 0 Å². The summed E-state index contributed by atoms with van der Waals surface area (Å²) in [6.07, 6.45) is 5.69. The van der Waals surface area contributed by atoms with Gasteiger partial charge in [0.05, 0.1) is 18.7 Å². The van der Waals surface area contributed by atoms with Crippen LogP contribution >= 0.6 is 0 Å². The Balaban J connectivity index is 1.36. The van der Waals surface area contributed by atoms with Crippen molar-refractivity contribution in [2.45, 2.75) is 45.7 Å². The van der Waals surface area contributed by atoms with Gasteiger partial charge in [-0.25, -0.2) is 0 Å². The van der Waals surface area contributed by atoms with Gasteiger partial charge in [0, 0.05) is 49.3 Å². The number of benzene rings is 1. The Morgan fingerprint density at radius 3 is 2.83 bits per heavy atom. The molecule has 0 aliphatic carbocycles. The minimum atomic E-state index is 0.258. The van der Waals surface area contributed by atoms with E-state index < -0.39 is 0 Å². The average Bonchev–Trinajstić information content (AvgIpc) is 3.14. The molecule has 3 aliphatic heterocycles. The van der Waals surface area contributed by atoms with E-state index in [2.05, 4.69) is 23.2 Å². The number of hydrogen-bond donors (Lipinski definition) is 0. The van der Waals surface area contributed by atoms with E-state index >= 15 is 0 Å². The first kappa shape index (κ1) is 18.5. The van der Waals surface area contributed by atoms with Gasteiger partial charge in [-0.15, -0.1) is 0 Å². The van der Waals surface area contributed by atoms with Gasteiger partial charge in [-0.05, 0) is 67.0 Å². The summed E-state index contributed by atoms with van der Waals surface area (Å²) < 4.78 is 5.46. The maximum absolute atomic E-state index is 12.7. The molecule has 5 rings (SSSR count). The van der Waals surface area contributed by atoms with Gasteiger partial charge in [0.1, 0.15) is 0 Å². The van der Waals surface area contributed by atoms with Gasteiger partial charge in [0.25, 0.3) is 0 Å². The number of rotatable bonds is 4. The van der Waals surface area contributed by atoms with Crippen molar-refractivity contribution in [1.82, 2.24) is 9.88 Å². The number of hydrogen-bond acceptors (Lipinski definition) is 4. The van der Waals surface area contributed by atoms with Gasteiger partial charge in [-0.2, -0.15) is 0 Å². The van der Waals surface area contributed by atoms with Gasteiger partial charge in [0.2, 0.25) is 5.91 Å². The van der Waals surface area contributed by atoms with Gasteiger partial charge >= 0.3 is 0 Å². The van der Waals surface area contributed by atoms with Gasteiger partial charge < -0.3 is 9.64 Å². The molecule has 1 aromatic carbocycles. The molecule has 0 N–H and O–H groups in total. The standard InChI is InChI=1S/C24H27N3O2/c1-16-10-18(2-6-25-16)24-22-12-21-15-27(7-3-17-4-8-29-9-5-17)23(28)13-19(21)11-20(22)14-26-24/h2,6,10-12,17H,3-5,7-9,13-15H2,1H3. The zero-order valence-electron chi connectivity index (χ0n) is 17.0. The molecule has 1 aromatic heterocycles. The third-order valence-electron chi connectivity index (χ3n) is 6.46. The van der Waals surface area contributed by atoms with Crippen molar-refractivity contribution in [1.29, 1.82) is 0 Å². The summed E-state index contributed by atoms with van der Waals surface area (Å²) >= 11 is 0. The molecule has 1 saturated heterocycles. The summed E-state index contributed by atoms with van der Waals surface area (Å²) in [4.78, 5) is 23.9. The molecule has 1 amide bonds. The molecule has 150 valence electrons. The summed E-state index contributed by atoms with van der Waals surface area (Å²) in [6, 6.07) is 8.62. The zero-order chi connectivity index (χ0) is 19.8. The third-order valence-corrected chi connectivity index (χ3v) is 6.46. The lowest BCUT2D eigenvalue weighted by molar-refractivity contribution is -0.132. The number of aromatic nitrogens is 1. The molecule has 5 heteroatoms. The predicted molar refractivity (Wildman–Crippen MR) is 112 cm³/mol. The summed E-state index contributed by atoms with van der Waals surface area (Å²) in [5, 5.41) is 0. The first-order chi connectivity index (χ1) is 14.2. The predicted octanol–water partition coefficient (Wildman–Crippen LogP) is 3.44. The van der Waals surface area contributed by atoms with Crippen molar-refractivity contribution >= 4 is 11.6 Å². The van der Waals surface area contributed by atoms with E-state index in [9.17, 15) is 4.79 Å². The molecule has 0 spiro atoms. The number of fused-ring (bicyclic) bond motifs is 2. The average molecular weight is 389 g/mol. The molecule has 0 unspecified atom stereocenters. The monoisotopic (exact) mass is 389 g/mol. The van der Waals surface area contributed by atoms with Crippen molar-refractivity contribution < 1.29 is 9.53 Å². The second-order valence-electron chi connectivity index (χ2n) is 8.47. The summed E-state index contributed by atoms with van der Waals surface area (Å²) in [5.74, 6) is 0.944. The molecule has 0 radical (unpaired) electrons. The molecule has 0 bridgehead atoms. The zero-order valence-corrected chi connectivity index (χ0v) is 17.0. The first-order valence-corrected chi connectivity index (χ1v) is 10.7. The SMILES string of the molecule is Cc1cc(C2=NCc3cc4c(cc32)CN(CCC2CCOCC2)C(=O)C4)ccn1. The third kappa shape index (κ3) is 3.71. The second-order valence-corrected chi connectivity index (χ2v) is 8.47. The van der Waals surface area contributed by atoms with Crippen LogP contribution in [0, 0.1) is 12.8 Å². The number of nitrogens with zero attached hydrogens (tertiary/aromatic N) is 3. The normalized spacial score (nSPS) is 19.1. The van der Waals surface area contributed by atoms with Crippen LogP contribution in [0.15, 0.2) is 35.5 Å². The Kier molecular flexibility index (Phi) is 4.92. The lowest BCUT2D eigenvalue weighted by atomic mass is 9.90. The molecular formula is C24H27N3O2. The quantitative estimate of drug-likeness (QED) is 0.805. The number of aryl methyl sites for hydroxylation is 1. The van der Waals surface area contributed by atoms with Crippen molar-refractivity contribution in [3.63, 3.8) is 0 Å². The second kappa shape index (κ2) is 7.71. The van der Waals surface area contributed by atoms with Crippen LogP contribution in [0.1, 0.15) is 52.8 Å². The number of amides is 1. The van der Waals surface area contributed by atoms with E-state index in [1.807, 2.05) is 24.1 Å². The summed E-state index contributed by atoms with van der Waals surface area (Å²) in [5.41, 5.74) is 8.08. The number of aliphatic imine (C=N–C) groups is 1. The maximum Gasteiger partial charge on any atom is 0.227 e. The van der Waals surface area contributed by atoms with Crippen LogP contribution in [-0.4, -0.2) is 41.3 Å². The summed E-state index contributed by atoms with van der Waals surface area (Å²) in [7, 11) is 0. The topological polar surface area (TPSA) is 54.8 Å². The van der Waals surface area contributed by atoms with Crippen LogP contribution in [0.4, 0.5) is 0 Å². The molecule has 1 fully saturated rings. The van der Waals surface area contributed by atoms with E-state index in [4.69, 9.17) is 9.73 Å². The van der Waals surface area contributed by atoms with E-state index in [1.54, 1.807) is 0 Å². The fourth-order valence-corrected chi connectivity index (χ4v) is 4.74. The van der Waals surface area contributed by atoms with Crippen LogP contribution in [0.2, 0.25) is 0 Å². The Morgan fingerprint density at radius 1 is 1.14 bits per heavy atom.